The molecule has 0 heterocycles. The van der Waals surface area contributed by atoms with Gasteiger partial charge in [0.15, 0.2) is 0 Å². The van der Waals surface area contributed by atoms with Crippen molar-refractivity contribution in [2.45, 2.75) is 13.0 Å². The number of carbonyl (C=O) groups is 1. The molecule has 2 aromatic rings. The summed E-state index contributed by atoms with van der Waals surface area (Å²) >= 11 is 12.0. The van der Waals surface area contributed by atoms with Crippen LogP contribution in [0.4, 0.5) is 11.4 Å². The van der Waals surface area contributed by atoms with Crippen LogP contribution in [0.15, 0.2) is 42.5 Å². The highest BCUT2D eigenvalue weighted by Gasteiger charge is 2.29. The van der Waals surface area contributed by atoms with Gasteiger partial charge in [-0.3, -0.25) is 9.10 Å². The van der Waals surface area contributed by atoms with Crippen LogP contribution in [0.5, 0.6) is 5.75 Å². The van der Waals surface area contributed by atoms with Crippen molar-refractivity contribution in [3.63, 3.8) is 0 Å². The van der Waals surface area contributed by atoms with Crippen LogP contribution in [0.2, 0.25) is 10.0 Å². The Hall–Kier alpha value is -1.96. The van der Waals surface area contributed by atoms with E-state index >= 15 is 0 Å². The summed E-state index contributed by atoms with van der Waals surface area (Å²) in [4.78, 5) is 12.6. The van der Waals surface area contributed by atoms with Gasteiger partial charge in [-0.2, -0.15) is 0 Å². The number of nitrogens with one attached hydrogen (secondary N) is 1. The Morgan fingerprint density at radius 2 is 1.88 bits per heavy atom. The molecular weight excluding hydrogens is 399 g/mol. The molecule has 1 N–H and O–H groups in total. The summed E-state index contributed by atoms with van der Waals surface area (Å²) in [6.07, 6.45) is 1.02. The molecule has 6 nitrogen and oxygen atoms in total. The van der Waals surface area contributed by atoms with Crippen molar-refractivity contribution in [2.24, 2.45) is 0 Å². The largest absolute Gasteiger partial charge is 0.495 e. The van der Waals surface area contributed by atoms with Crippen LogP contribution in [-0.2, 0) is 14.8 Å². The van der Waals surface area contributed by atoms with Gasteiger partial charge < -0.3 is 10.1 Å². The second-order valence-electron chi connectivity index (χ2n) is 5.55. The maximum atomic E-state index is 12.6. The fourth-order valence-corrected chi connectivity index (χ4v) is 4.02. The smallest absolute Gasteiger partial charge is 0.247 e. The summed E-state index contributed by atoms with van der Waals surface area (Å²) in [5.74, 6) is -0.107. The van der Waals surface area contributed by atoms with Crippen molar-refractivity contribution in [3.05, 3.63) is 52.5 Å². The van der Waals surface area contributed by atoms with E-state index in [-0.39, 0.29) is 10.7 Å². The first-order chi connectivity index (χ1) is 12.1. The van der Waals surface area contributed by atoms with Crippen LogP contribution < -0.4 is 14.4 Å². The highest BCUT2D eigenvalue weighted by Crippen LogP contribution is 2.31. The standard InChI is InChI=1S/C17H18Cl2N2O4S/c1-11(17(22)20-13-6-4-5-12(18)9-13)21(26(3,23)24)14-7-8-16(25-2)15(19)10-14/h4-11H,1-3H3,(H,20,22)/t11-/m0/s1. The number of amides is 1. The minimum absolute atomic E-state index is 0.237. The van der Waals surface area contributed by atoms with Crippen LogP contribution >= 0.6 is 23.2 Å². The zero-order valence-electron chi connectivity index (χ0n) is 14.4. The molecule has 0 spiro atoms. The molecule has 0 saturated carbocycles. The number of sulfonamides is 1. The predicted octanol–water partition coefficient (Wildman–Crippen LogP) is 3.80. The molecule has 1 amide bonds. The van der Waals surface area contributed by atoms with Gasteiger partial charge in [0.25, 0.3) is 0 Å². The van der Waals surface area contributed by atoms with Gasteiger partial charge >= 0.3 is 0 Å². The quantitative estimate of drug-likeness (QED) is 0.776. The number of ether oxygens (including phenoxy) is 1. The molecule has 0 radical (unpaired) electrons. The Balaban J connectivity index is 2.34. The van der Waals surface area contributed by atoms with E-state index in [4.69, 9.17) is 27.9 Å². The Labute approximate surface area is 162 Å². The molecule has 2 aromatic carbocycles. The van der Waals surface area contributed by atoms with Crippen molar-refractivity contribution >= 4 is 50.5 Å². The molecule has 0 fully saturated rings. The predicted molar refractivity (Wildman–Crippen MR) is 105 cm³/mol. The third-order valence-electron chi connectivity index (χ3n) is 3.57. The lowest BCUT2D eigenvalue weighted by atomic mass is 10.2. The maximum Gasteiger partial charge on any atom is 0.247 e. The number of benzene rings is 2. The molecule has 0 aromatic heterocycles. The second kappa shape index (κ2) is 8.16. The molecule has 140 valence electrons. The molecule has 9 heteroatoms. The number of halogens is 2. The number of anilines is 2. The topological polar surface area (TPSA) is 75.7 Å². The lowest BCUT2D eigenvalue weighted by molar-refractivity contribution is -0.116. The molecule has 0 aliphatic rings. The van der Waals surface area contributed by atoms with Crippen molar-refractivity contribution < 1.29 is 17.9 Å². The van der Waals surface area contributed by atoms with E-state index in [1.165, 1.54) is 32.2 Å². The average Bonchev–Trinajstić information content (AvgIpc) is 2.53. The normalized spacial score (nSPS) is 12.3. The van der Waals surface area contributed by atoms with Gasteiger partial charge in [0.2, 0.25) is 15.9 Å². The van der Waals surface area contributed by atoms with Gasteiger partial charge in [-0.1, -0.05) is 29.3 Å². The highest BCUT2D eigenvalue weighted by atomic mass is 35.5. The van der Waals surface area contributed by atoms with Crippen LogP contribution in [-0.4, -0.2) is 33.7 Å². The minimum atomic E-state index is -3.75. The third-order valence-corrected chi connectivity index (χ3v) is 5.34. The van der Waals surface area contributed by atoms with Crippen molar-refractivity contribution in [1.29, 1.82) is 0 Å². The van der Waals surface area contributed by atoms with Gasteiger partial charge in [-0.25, -0.2) is 8.42 Å². The van der Waals surface area contributed by atoms with Gasteiger partial charge in [-0.05, 0) is 43.3 Å². The molecule has 0 bridgehead atoms. The first-order valence-corrected chi connectivity index (χ1v) is 10.1. The average molecular weight is 417 g/mol. The number of hydrogen-bond donors (Lipinski definition) is 1. The van der Waals surface area contributed by atoms with Gasteiger partial charge in [-0.15, -0.1) is 0 Å². The zero-order chi connectivity index (χ0) is 19.5. The summed E-state index contributed by atoms with van der Waals surface area (Å²) in [7, 11) is -2.30. The Morgan fingerprint density at radius 3 is 2.42 bits per heavy atom. The van der Waals surface area contributed by atoms with E-state index < -0.39 is 22.0 Å². The Bertz CT molecular complexity index is 919. The van der Waals surface area contributed by atoms with Crippen LogP contribution in [0.25, 0.3) is 0 Å². The minimum Gasteiger partial charge on any atom is -0.495 e. The lowest BCUT2D eigenvalue weighted by Crippen LogP contribution is -2.45. The van der Waals surface area contributed by atoms with E-state index in [0.29, 0.717) is 16.5 Å². The van der Waals surface area contributed by atoms with Crippen LogP contribution in [0.3, 0.4) is 0 Å². The summed E-state index contributed by atoms with van der Waals surface area (Å²) in [5, 5.41) is 3.35. The molecule has 0 saturated heterocycles. The van der Waals surface area contributed by atoms with E-state index in [0.717, 1.165) is 10.6 Å². The number of hydrogen-bond acceptors (Lipinski definition) is 4. The number of rotatable bonds is 6. The Kier molecular flexibility index (Phi) is 6.39. The summed E-state index contributed by atoms with van der Waals surface area (Å²) in [6.45, 7) is 1.49. The molecule has 2 rings (SSSR count). The lowest BCUT2D eigenvalue weighted by Gasteiger charge is -2.28. The van der Waals surface area contributed by atoms with E-state index in [1.807, 2.05) is 0 Å². The molecule has 0 aliphatic heterocycles. The zero-order valence-corrected chi connectivity index (χ0v) is 16.7. The molecule has 0 unspecified atom stereocenters. The van der Waals surface area contributed by atoms with Gasteiger partial charge in [0.1, 0.15) is 11.8 Å². The van der Waals surface area contributed by atoms with E-state index in [1.54, 1.807) is 24.3 Å². The molecule has 26 heavy (non-hydrogen) atoms. The summed E-state index contributed by atoms with van der Waals surface area (Å²) < 4.78 is 30.7. The van der Waals surface area contributed by atoms with Crippen molar-refractivity contribution in [2.75, 3.05) is 23.0 Å². The summed E-state index contributed by atoms with van der Waals surface area (Å²) in [5.41, 5.74) is 0.725. The van der Waals surface area contributed by atoms with Crippen LogP contribution in [0.1, 0.15) is 6.92 Å². The third kappa shape index (κ3) is 4.81. The highest BCUT2D eigenvalue weighted by molar-refractivity contribution is 7.92. The Morgan fingerprint density at radius 1 is 1.19 bits per heavy atom. The maximum absolute atomic E-state index is 12.6. The summed E-state index contributed by atoms with van der Waals surface area (Å²) in [6, 6.07) is 10.1. The number of carbonyl (C=O) groups excluding carboxylic acids is 1. The second-order valence-corrected chi connectivity index (χ2v) is 8.26. The van der Waals surface area contributed by atoms with Crippen LogP contribution in [0, 0.1) is 0 Å². The molecule has 0 aliphatic carbocycles. The fourth-order valence-electron chi connectivity index (χ4n) is 2.41. The fraction of sp³-hybridized carbons (Fsp3) is 0.235. The van der Waals surface area contributed by atoms with Crippen molar-refractivity contribution in [1.82, 2.24) is 0 Å². The van der Waals surface area contributed by atoms with Gasteiger partial charge in [0.05, 0.1) is 24.1 Å². The number of nitrogens with zero attached hydrogens (tertiary/aromatic N) is 1. The van der Waals surface area contributed by atoms with E-state index in [2.05, 4.69) is 5.32 Å². The SMILES string of the molecule is COc1ccc(N([C@@H](C)C(=O)Nc2cccc(Cl)c2)S(C)(=O)=O)cc1Cl. The van der Waals surface area contributed by atoms with Crippen molar-refractivity contribution in [3.8, 4) is 5.75 Å². The molecular formula is C17H18Cl2N2O4S. The van der Waals surface area contributed by atoms with Gasteiger partial charge in [0, 0.05) is 10.7 Å². The first-order valence-electron chi connectivity index (χ1n) is 7.53. The monoisotopic (exact) mass is 416 g/mol. The number of methoxy groups -OCH3 is 1. The van der Waals surface area contributed by atoms with E-state index in [9.17, 15) is 13.2 Å². The molecule has 1 atom stereocenters. The first kappa shape index (κ1) is 20.4.